The lowest BCUT2D eigenvalue weighted by atomic mass is 10.0. The number of aromatic amines is 2. The van der Waals surface area contributed by atoms with E-state index in [2.05, 4.69) is 51.8 Å². The number of nitrogens with two attached hydrogens (primary N) is 4. The predicted molar refractivity (Wildman–Crippen MR) is 246 cm³/mol. The summed E-state index contributed by atoms with van der Waals surface area (Å²) in [6.45, 7) is 2.26. The van der Waals surface area contributed by atoms with Gasteiger partial charge in [0.15, 0.2) is 5.96 Å². The molecule has 24 nitrogen and oxygen atoms in total. The first-order valence-electron chi connectivity index (χ1n) is 21.7. The van der Waals surface area contributed by atoms with Gasteiger partial charge in [-0.2, -0.15) is 0 Å². The third kappa shape index (κ3) is 13.9. The molecule has 5 rings (SSSR count). The van der Waals surface area contributed by atoms with Gasteiger partial charge in [-0.15, -0.1) is 0 Å². The molecule has 24 heteroatoms. The fourth-order valence-electron chi connectivity index (χ4n) is 7.47. The van der Waals surface area contributed by atoms with E-state index < -0.39 is 89.7 Å². The Kier molecular flexibility index (Phi) is 17.8. The van der Waals surface area contributed by atoms with Gasteiger partial charge in [-0.3, -0.25) is 48.2 Å². The maximum atomic E-state index is 14.5. The molecule has 0 aliphatic carbocycles. The number of nitrogens with one attached hydrogen (secondary N) is 8. The number of fused-ring (bicyclic) bond motifs is 1. The number of aliphatic imine (C=N–C) groups is 1. The van der Waals surface area contributed by atoms with Crippen LogP contribution in [-0.2, 0) is 57.6 Å². The molecule has 3 heterocycles. The van der Waals surface area contributed by atoms with Crippen LogP contribution in [0.2, 0.25) is 0 Å². The van der Waals surface area contributed by atoms with Crippen LogP contribution in [0.1, 0.15) is 49.9 Å². The number of imide groups is 1. The molecule has 16 N–H and O–H groups in total. The molecule has 2 aromatic carbocycles. The number of Topliss-reactive ketones (excluding diaryl/α,β-unsaturated/α-hetero) is 1. The second-order valence-electron chi connectivity index (χ2n) is 16.2. The lowest BCUT2D eigenvalue weighted by Crippen LogP contribution is -2.60. The maximum absolute atomic E-state index is 14.5. The summed E-state index contributed by atoms with van der Waals surface area (Å²) in [6, 6.07) is 5.60. The van der Waals surface area contributed by atoms with Gasteiger partial charge in [0.25, 0.3) is 5.91 Å². The quantitative estimate of drug-likeness (QED) is 0.0138. The Morgan fingerprint density at radius 3 is 1.96 bits per heavy atom. The highest BCUT2D eigenvalue weighted by molar-refractivity contribution is 6.09. The van der Waals surface area contributed by atoms with Gasteiger partial charge >= 0.3 is 6.03 Å². The van der Waals surface area contributed by atoms with Gasteiger partial charge in [0.2, 0.25) is 35.4 Å². The summed E-state index contributed by atoms with van der Waals surface area (Å²) >= 11 is 0. The number of benzene rings is 2. The van der Waals surface area contributed by atoms with Gasteiger partial charge in [-0.05, 0) is 43.9 Å². The standard InChI is InChI=1S/C44H57N15O9/c1-23(60)15-34-42(67)59(44(68)58-34)24(2)37(62)54-33(18-27-21-49-22-52-27)41(66)55-31(16-25-9-4-3-5-10-25)39(64)53-30(13-8-14-50-43(47)48)38(63)56-32(40(65)57-35(19-45)36(46)61)17-26-20-51-29-12-7-6-11-28(26)29/h3-7,9-12,20-22,24,30-35,51H,8,13-19,45H2,1-2H3,(H2,46,61)(H,49,52)(H,53,64)(H,54,62)(H,55,66)(H,56,63)(H,57,65)(H,58,68)(H4,47,48,50)/t24-,30+,31-,32+,33+,34+,35+/m1/s1. The first-order chi connectivity index (χ1) is 32.4. The number of carbonyl (C=O) groups excluding carboxylic acids is 9. The van der Waals surface area contributed by atoms with Crippen LogP contribution in [0.15, 0.2) is 78.3 Å². The van der Waals surface area contributed by atoms with Crippen molar-refractivity contribution < 1.29 is 43.2 Å². The fourth-order valence-corrected chi connectivity index (χ4v) is 7.47. The highest BCUT2D eigenvalue weighted by atomic mass is 16.2. The van der Waals surface area contributed by atoms with Gasteiger partial charge in [-0.25, -0.2) is 9.78 Å². The first kappa shape index (κ1) is 50.8. The molecule has 4 aromatic rings. The van der Waals surface area contributed by atoms with E-state index in [1.165, 1.54) is 26.4 Å². The zero-order valence-corrected chi connectivity index (χ0v) is 37.5. The summed E-state index contributed by atoms with van der Waals surface area (Å²) in [4.78, 5) is 135. The van der Waals surface area contributed by atoms with Crippen molar-refractivity contribution in [2.45, 2.75) is 94.7 Å². The summed E-state index contributed by atoms with van der Waals surface area (Å²) in [5.41, 5.74) is 24.6. The highest BCUT2D eigenvalue weighted by Gasteiger charge is 2.44. The van der Waals surface area contributed by atoms with Crippen LogP contribution in [0.4, 0.5) is 4.79 Å². The Bertz CT molecular complexity index is 2490. The zero-order chi connectivity index (χ0) is 49.5. The van der Waals surface area contributed by atoms with Gasteiger partial charge < -0.3 is 64.8 Å². The number of guanidine groups is 1. The van der Waals surface area contributed by atoms with Gasteiger partial charge in [0.1, 0.15) is 48.1 Å². The van der Waals surface area contributed by atoms with Gasteiger partial charge in [0, 0.05) is 67.8 Å². The molecular weight excluding hydrogens is 883 g/mol. The van der Waals surface area contributed by atoms with E-state index in [9.17, 15) is 43.2 Å². The SMILES string of the molecule is CC(=O)C[C@@H]1NC(=O)N([C@H](C)C(=O)N[C@@H](Cc2cnc[nH]2)C(=O)N[C@H](Cc2ccccc2)C(=O)N[C@@H](CCCN=C(N)N)C(=O)N[C@@H](Cc2c[nH]c3ccccc23)C(=O)N[C@@H](CN)C(N)=O)C1=O. The zero-order valence-electron chi connectivity index (χ0n) is 37.5. The number of hydrogen-bond donors (Lipinski definition) is 12. The number of nitrogens with zero attached hydrogens (tertiary/aromatic N) is 3. The summed E-state index contributed by atoms with van der Waals surface area (Å²) in [7, 11) is 0. The van der Waals surface area contributed by atoms with Crippen molar-refractivity contribution in [3.8, 4) is 0 Å². The number of aromatic nitrogens is 3. The minimum Gasteiger partial charge on any atom is -0.370 e. The van der Waals surface area contributed by atoms with Crippen molar-refractivity contribution in [1.29, 1.82) is 0 Å². The number of imidazole rings is 1. The number of carbonyl (C=O) groups is 9. The third-order valence-electron chi connectivity index (χ3n) is 11.0. The molecule has 0 bridgehead atoms. The second kappa shape index (κ2) is 23.9. The molecule has 0 spiro atoms. The van der Waals surface area contributed by atoms with Crippen LogP contribution in [-0.4, -0.2) is 134 Å². The minimum atomic E-state index is -1.43. The molecule has 1 fully saturated rings. The second-order valence-corrected chi connectivity index (χ2v) is 16.2. The average Bonchev–Trinajstić information content (AvgIpc) is 4.04. The summed E-state index contributed by atoms with van der Waals surface area (Å²) in [5, 5.41) is 16.4. The maximum Gasteiger partial charge on any atom is 0.325 e. The normalized spacial score (nSPS) is 16.0. The Morgan fingerprint density at radius 1 is 0.750 bits per heavy atom. The molecule has 9 amide bonds. The number of para-hydroxylation sites is 1. The number of primary amides is 1. The van der Waals surface area contributed by atoms with E-state index >= 15 is 0 Å². The lowest BCUT2D eigenvalue weighted by Gasteiger charge is -2.28. The largest absolute Gasteiger partial charge is 0.370 e. The monoisotopic (exact) mass is 939 g/mol. The number of ketones is 1. The smallest absolute Gasteiger partial charge is 0.325 e. The van der Waals surface area contributed by atoms with E-state index in [1.54, 1.807) is 42.6 Å². The van der Waals surface area contributed by atoms with Crippen LogP contribution in [0, 0.1) is 0 Å². The molecule has 68 heavy (non-hydrogen) atoms. The van der Waals surface area contributed by atoms with Gasteiger partial charge in [-0.1, -0.05) is 48.5 Å². The lowest BCUT2D eigenvalue weighted by molar-refractivity contribution is -0.138. The molecule has 0 unspecified atom stereocenters. The van der Waals surface area contributed by atoms with Crippen molar-refractivity contribution in [3.63, 3.8) is 0 Å². The molecule has 362 valence electrons. The Morgan fingerprint density at radius 2 is 1.34 bits per heavy atom. The molecule has 2 aromatic heterocycles. The van der Waals surface area contributed by atoms with Crippen LogP contribution >= 0.6 is 0 Å². The number of H-pyrrole nitrogens is 2. The Labute approximate surface area is 389 Å². The van der Waals surface area contributed by atoms with Crippen LogP contribution in [0.3, 0.4) is 0 Å². The third-order valence-corrected chi connectivity index (χ3v) is 11.0. The van der Waals surface area contributed by atoms with Crippen molar-refractivity contribution in [3.05, 3.63) is 90.1 Å². The Balaban J connectivity index is 1.42. The van der Waals surface area contributed by atoms with Crippen molar-refractivity contribution in [2.24, 2.45) is 27.9 Å². The number of urea groups is 1. The Hall–Kier alpha value is -8.15. The number of rotatable bonds is 25. The summed E-state index contributed by atoms with van der Waals surface area (Å²) < 4.78 is 0. The summed E-state index contributed by atoms with van der Waals surface area (Å²) in [6.07, 6.45) is 3.88. The van der Waals surface area contributed by atoms with E-state index in [0.29, 0.717) is 21.7 Å². The van der Waals surface area contributed by atoms with Crippen molar-refractivity contribution in [1.82, 2.24) is 51.8 Å². The molecule has 1 aliphatic heterocycles. The van der Waals surface area contributed by atoms with E-state index in [0.717, 1.165) is 10.9 Å². The molecular formula is C44H57N15O9. The predicted octanol–water partition coefficient (Wildman–Crippen LogP) is -2.87. The van der Waals surface area contributed by atoms with E-state index in [1.807, 2.05) is 18.2 Å². The van der Waals surface area contributed by atoms with E-state index in [-0.39, 0.29) is 63.4 Å². The fraction of sp³-hybridized carbons (Fsp3) is 0.386. The molecule has 1 aliphatic rings. The minimum absolute atomic E-state index is 0.0533. The number of hydrogen-bond acceptors (Lipinski definition) is 12. The van der Waals surface area contributed by atoms with Crippen LogP contribution < -0.4 is 54.8 Å². The summed E-state index contributed by atoms with van der Waals surface area (Å²) in [5.74, 6) is -6.48. The van der Waals surface area contributed by atoms with Crippen molar-refractivity contribution in [2.75, 3.05) is 13.1 Å². The highest BCUT2D eigenvalue weighted by Crippen LogP contribution is 2.20. The van der Waals surface area contributed by atoms with Crippen LogP contribution in [0.25, 0.3) is 10.9 Å². The van der Waals surface area contributed by atoms with Crippen LogP contribution in [0.5, 0.6) is 0 Å². The molecule has 0 radical (unpaired) electrons. The number of amides is 9. The van der Waals surface area contributed by atoms with E-state index in [4.69, 9.17) is 22.9 Å². The molecule has 0 saturated carbocycles. The molecule has 7 atom stereocenters. The van der Waals surface area contributed by atoms with Crippen molar-refractivity contribution >= 4 is 70.0 Å². The first-order valence-corrected chi connectivity index (χ1v) is 21.7. The average molecular weight is 940 g/mol. The molecule has 1 saturated heterocycles. The topological polar surface area (TPSA) is 390 Å². The van der Waals surface area contributed by atoms with Gasteiger partial charge in [0.05, 0.1) is 6.33 Å².